The number of anilines is 1. The molecule has 1 aromatic rings. The SMILES string of the molecule is CC1CCCN(S(=O)(=O)c2ccnc(NN)c2)C1C. The topological polar surface area (TPSA) is 88.3 Å². The molecule has 2 atom stereocenters. The van der Waals surface area contributed by atoms with Crippen molar-refractivity contribution in [2.24, 2.45) is 11.8 Å². The largest absolute Gasteiger partial charge is 0.308 e. The van der Waals surface area contributed by atoms with Crippen LogP contribution < -0.4 is 11.3 Å². The lowest BCUT2D eigenvalue weighted by atomic mass is 9.94. The van der Waals surface area contributed by atoms with Gasteiger partial charge in [0.2, 0.25) is 10.0 Å². The summed E-state index contributed by atoms with van der Waals surface area (Å²) in [5.41, 5.74) is 2.37. The van der Waals surface area contributed by atoms with Crippen LogP contribution in [0.2, 0.25) is 0 Å². The molecule has 1 fully saturated rings. The number of hydrazine groups is 1. The van der Waals surface area contributed by atoms with Crippen LogP contribution in [0.15, 0.2) is 23.2 Å². The molecule has 106 valence electrons. The third-order valence-corrected chi connectivity index (χ3v) is 5.78. The van der Waals surface area contributed by atoms with E-state index in [1.54, 1.807) is 4.31 Å². The second kappa shape index (κ2) is 5.44. The minimum atomic E-state index is -3.48. The van der Waals surface area contributed by atoms with Crippen molar-refractivity contribution in [3.63, 3.8) is 0 Å². The summed E-state index contributed by atoms with van der Waals surface area (Å²) < 4.78 is 26.9. The van der Waals surface area contributed by atoms with Gasteiger partial charge in [-0.25, -0.2) is 19.2 Å². The first-order chi connectivity index (χ1) is 8.96. The van der Waals surface area contributed by atoms with Gasteiger partial charge in [-0.05, 0) is 31.7 Å². The minimum Gasteiger partial charge on any atom is -0.308 e. The Bertz CT molecular complexity index is 546. The Morgan fingerprint density at radius 3 is 2.89 bits per heavy atom. The van der Waals surface area contributed by atoms with Gasteiger partial charge >= 0.3 is 0 Å². The van der Waals surface area contributed by atoms with E-state index in [0.29, 0.717) is 18.3 Å². The molecule has 1 aliphatic heterocycles. The molecule has 3 N–H and O–H groups in total. The van der Waals surface area contributed by atoms with Crippen molar-refractivity contribution in [1.82, 2.24) is 9.29 Å². The molecule has 1 aliphatic rings. The maximum Gasteiger partial charge on any atom is 0.243 e. The van der Waals surface area contributed by atoms with Gasteiger partial charge in [0.25, 0.3) is 0 Å². The number of nitrogens with zero attached hydrogens (tertiary/aromatic N) is 2. The second-order valence-electron chi connectivity index (χ2n) is 5.00. The second-order valence-corrected chi connectivity index (χ2v) is 6.89. The summed E-state index contributed by atoms with van der Waals surface area (Å²) in [6.07, 6.45) is 3.41. The molecule has 7 heteroatoms. The van der Waals surface area contributed by atoms with Gasteiger partial charge in [-0.1, -0.05) is 6.92 Å². The van der Waals surface area contributed by atoms with E-state index in [2.05, 4.69) is 17.3 Å². The van der Waals surface area contributed by atoms with Crippen LogP contribution in [0.1, 0.15) is 26.7 Å². The number of rotatable bonds is 3. The van der Waals surface area contributed by atoms with E-state index < -0.39 is 10.0 Å². The highest BCUT2D eigenvalue weighted by atomic mass is 32.2. The first kappa shape index (κ1) is 14.2. The summed E-state index contributed by atoms with van der Waals surface area (Å²) in [6.45, 7) is 4.62. The molecule has 1 aromatic heterocycles. The Morgan fingerprint density at radius 1 is 1.47 bits per heavy atom. The molecular formula is C12H20N4O2S. The number of hydrogen-bond donors (Lipinski definition) is 2. The van der Waals surface area contributed by atoms with Crippen LogP contribution in [-0.4, -0.2) is 30.3 Å². The predicted octanol–water partition coefficient (Wildman–Crippen LogP) is 1.18. The van der Waals surface area contributed by atoms with Crippen LogP contribution >= 0.6 is 0 Å². The van der Waals surface area contributed by atoms with E-state index >= 15 is 0 Å². The van der Waals surface area contributed by atoms with Crippen molar-refractivity contribution in [2.45, 2.75) is 37.6 Å². The molecule has 2 heterocycles. The minimum absolute atomic E-state index is 0.0150. The van der Waals surface area contributed by atoms with Crippen LogP contribution in [0.25, 0.3) is 0 Å². The Balaban J connectivity index is 2.35. The van der Waals surface area contributed by atoms with Crippen LogP contribution in [-0.2, 0) is 10.0 Å². The Morgan fingerprint density at radius 2 is 2.21 bits per heavy atom. The predicted molar refractivity (Wildman–Crippen MR) is 73.8 cm³/mol. The van der Waals surface area contributed by atoms with E-state index in [0.717, 1.165) is 12.8 Å². The number of sulfonamides is 1. The summed E-state index contributed by atoms with van der Waals surface area (Å²) >= 11 is 0. The molecule has 0 amide bonds. The van der Waals surface area contributed by atoms with Gasteiger partial charge in [-0.3, -0.25) is 0 Å². The summed E-state index contributed by atoms with van der Waals surface area (Å²) in [5, 5.41) is 0. The molecule has 19 heavy (non-hydrogen) atoms. The number of aromatic nitrogens is 1. The fraction of sp³-hybridized carbons (Fsp3) is 0.583. The highest BCUT2D eigenvalue weighted by molar-refractivity contribution is 7.89. The zero-order chi connectivity index (χ0) is 14.0. The summed E-state index contributed by atoms with van der Waals surface area (Å²) in [5.74, 6) is 5.99. The summed E-state index contributed by atoms with van der Waals surface area (Å²) in [7, 11) is -3.48. The first-order valence-electron chi connectivity index (χ1n) is 6.41. The lowest BCUT2D eigenvalue weighted by Crippen LogP contribution is -2.45. The number of hydrogen-bond acceptors (Lipinski definition) is 5. The molecular weight excluding hydrogens is 264 g/mol. The average molecular weight is 284 g/mol. The van der Waals surface area contributed by atoms with Gasteiger partial charge in [-0.2, -0.15) is 4.31 Å². The zero-order valence-electron chi connectivity index (χ0n) is 11.2. The zero-order valence-corrected chi connectivity index (χ0v) is 12.0. The van der Waals surface area contributed by atoms with Gasteiger partial charge in [0.05, 0.1) is 4.90 Å². The Kier molecular flexibility index (Phi) is 4.07. The fourth-order valence-corrected chi connectivity index (χ4v) is 4.20. The molecule has 0 saturated carbocycles. The lowest BCUT2D eigenvalue weighted by molar-refractivity contribution is 0.202. The Labute approximate surface area is 114 Å². The molecule has 0 spiro atoms. The maximum atomic E-state index is 12.6. The van der Waals surface area contributed by atoms with Gasteiger partial charge in [-0.15, -0.1) is 0 Å². The average Bonchev–Trinajstić information content (AvgIpc) is 2.41. The van der Waals surface area contributed by atoms with Crippen molar-refractivity contribution in [3.05, 3.63) is 18.3 Å². The first-order valence-corrected chi connectivity index (χ1v) is 7.85. The van der Waals surface area contributed by atoms with Crippen molar-refractivity contribution < 1.29 is 8.42 Å². The van der Waals surface area contributed by atoms with Gasteiger partial charge in [0.15, 0.2) is 0 Å². The van der Waals surface area contributed by atoms with Crippen molar-refractivity contribution in [1.29, 1.82) is 0 Å². The number of piperidine rings is 1. The van der Waals surface area contributed by atoms with E-state index in [9.17, 15) is 8.42 Å². The van der Waals surface area contributed by atoms with E-state index in [1.165, 1.54) is 18.3 Å². The molecule has 1 saturated heterocycles. The van der Waals surface area contributed by atoms with E-state index in [1.807, 2.05) is 6.92 Å². The quantitative estimate of drug-likeness (QED) is 0.642. The maximum absolute atomic E-state index is 12.6. The standard InChI is InChI=1S/C12H20N4O2S/c1-9-4-3-7-16(10(9)2)19(17,18)11-5-6-14-12(8-11)15-13/h5-6,8-10H,3-4,7,13H2,1-2H3,(H,14,15). The molecule has 0 aromatic carbocycles. The smallest absolute Gasteiger partial charge is 0.243 e. The molecule has 2 unspecified atom stereocenters. The number of nitrogens with two attached hydrogens (primary N) is 1. The number of nitrogen functional groups attached to an aromatic ring is 1. The summed E-state index contributed by atoms with van der Waals surface area (Å²) in [6, 6.07) is 2.98. The van der Waals surface area contributed by atoms with Crippen molar-refractivity contribution >= 4 is 15.8 Å². The highest BCUT2D eigenvalue weighted by Crippen LogP contribution is 2.29. The van der Waals surface area contributed by atoms with Crippen molar-refractivity contribution in [3.8, 4) is 0 Å². The normalized spacial score (nSPS) is 25.2. The third-order valence-electron chi connectivity index (χ3n) is 3.80. The fourth-order valence-electron chi connectivity index (χ4n) is 2.42. The van der Waals surface area contributed by atoms with Crippen LogP contribution in [0.5, 0.6) is 0 Å². The van der Waals surface area contributed by atoms with E-state index in [-0.39, 0.29) is 10.9 Å². The molecule has 2 rings (SSSR count). The highest BCUT2D eigenvalue weighted by Gasteiger charge is 2.34. The van der Waals surface area contributed by atoms with Crippen molar-refractivity contribution in [2.75, 3.05) is 12.0 Å². The van der Waals surface area contributed by atoms with Gasteiger partial charge in [0.1, 0.15) is 5.82 Å². The van der Waals surface area contributed by atoms with Crippen LogP contribution in [0, 0.1) is 5.92 Å². The van der Waals surface area contributed by atoms with Crippen LogP contribution in [0.3, 0.4) is 0 Å². The monoisotopic (exact) mass is 284 g/mol. The van der Waals surface area contributed by atoms with Gasteiger partial charge < -0.3 is 5.43 Å². The molecule has 0 aliphatic carbocycles. The summed E-state index contributed by atoms with van der Waals surface area (Å²) in [4.78, 5) is 4.16. The molecule has 6 nitrogen and oxygen atoms in total. The molecule has 0 bridgehead atoms. The Hall–Kier alpha value is -1.18. The van der Waals surface area contributed by atoms with Gasteiger partial charge in [0, 0.05) is 24.8 Å². The van der Waals surface area contributed by atoms with Crippen LogP contribution in [0.4, 0.5) is 5.82 Å². The lowest BCUT2D eigenvalue weighted by Gasteiger charge is -2.36. The van der Waals surface area contributed by atoms with E-state index in [4.69, 9.17) is 5.84 Å². The number of pyridine rings is 1. The molecule has 0 radical (unpaired) electrons. The third kappa shape index (κ3) is 2.72. The number of nitrogens with one attached hydrogen (secondary N) is 1.